The van der Waals surface area contributed by atoms with Gasteiger partial charge < -0.3 is 19.9 Å². The maximum atomic E-state index is 13.8. The van der Waals surface area contributed by atoms with Crippen molar-refractivity contribution in [2.45, 2.75) is 63.5 Å². The molecule has 1 aromatic carbocycles. The van der Waals surface area contributed by atoms with Gasteiger partial charge in [-0.2, -0.15) is 0 Å². The maximum Gasteiger partial charge on any atom is 0.248 e. The Labute approximate surface area is 194 Å². The quantitative estimate of drug-likeness (QED) is 0.728. The Kier molecular flexibility index (Phi) is 7.62. The van der Waals surface area contributed by atoms with E-state index in [0.29, 0.717) is 17.9 Å². The number of nitrogens with zero attached hydrogens (tertiary/aromatic N) is 3. The number of hydrogen-bond acceptors (Lipinski definition) is 5. The van der Waals surface area contributed by atoms with Crippen LogP contribution in [-0.2, 0) is 4.79 Å². The number of carbonyl (C=O) groups excluding carboxylic acids is 1. The van der Waals surface area contributed by atoms with E-state index in [1.807, 2.05) is 24.3 Å². The van der Waals surface area contributed by atoms with E-state index < -0.39 is 5.54 Å². The van der Waals surface area contributed by atoms with Gasteiger partial charge in [-0.1, -0.05) is 19.3 Å². The van der Waals surface area contributed by atoms with Gasteiger partial charge in [0.25, 0.3) is 0 Å². The minimum absolute atomic E-state index is 0.318. The molecule has 3 aliphatic rings. The van der Waals surface area contributed by atoms with Crippen LogP contribution in [0.1, 0.15) is 51.9 Å². The monoisotopic (exact) mass is 442 g/mol. The number of likely N-dealkylation sites (N-methyl/N-ethyl adjacent to an activating group) is 1. The molecule has 0 spiro atoms. The molecular weight excluding hydrogens is 400 g/mol. The second kappa shape index (κ2) is 10.4. The minimum Gasteiger partial charge on any atom is -0.497 e. The zero-order valence-electron chi connectivity index (χ0n) is 20.3. The first kappa shape index (κ1) is 23.4. The Morgan fingerprint density at radius 2 is 1.62 bits per heavy atom. The molecule has 1 saturated carbocycles. The lowest BCUT2D eigenvalue weighted by atomic mass is 9.79. The molecule has 0 radical (unpaired) electrons. The zero-order chi connectivity index (χ0) is 22.6. The second-order valence-corrected chi connectivity index (χ2v) is 10.2. The molecule has 32 heavy (non-hydrogen) atoms. The minimum atomic E-state index is -0.456. The van der Waals surface area contributed by atoms with Crippen molar-refractivity contribution < 1.29 is 9.53 Å². The standard InChI is InChI=1S/C26H42N4O2/c1-21(29-19-17-28(2)18-20-29)22-11-15-30(16-12-22)25(31)26(13-5-4-6-14-26)27-23-7-9-24(32-3)10-8-23/h7-10,21-22,27H,4-6,11-20H2,1-3H3/t21-/m0/s1. The van der Waals surface area contributed by atoms with Gasteiger partial charge in [-0.3, -0.25) is 9.69 Å². The van der Waals surface area contributed by atoms with E-state index in [-0.39, 0.29) is 0 Å². The summed E-state index contributed by atoms with van der Waals surface area (Å²) in [5, 5.41) is 3.67. The van der Waals surface area contributed by atoms with Crippen molar-refractivity contribution >= 4 is 11.6 Å². The molecule has 6 nitrogen and oxygen atoms in total. The summed E-state index contributed by atoms with van der Waals surface area (Å²) in [5.41, 5.74) is 0.558. The Bertz CT molecular complexity index is 731. The molecule has 0 unspecified atom stereocenters. The van der Waals surface area contributed by atoms with E-state index in [1.165, 1.54) is 32.6 Å². The van der Waals surface area contributed by atoms with Crippen LogP contribution in [0.5, 0.6) is 5.75 Å². The van der Waals surface area contributed by atoms with Crippen molar-refractivity contribution in [3.8, 4) is 5.75 Å². The molecule has 0 bridgehead atoms. The van der Waals surface area contributed by atoms with Crippen molar-refractivity contribution in [1.29, 1.82) is 0 Å². The van der Waals surface area contributed by atoms with Crippen LogP contribution >= 0.6 is 0 Å². The van der Waals surface area contributed by atoms with Gasteiger partial charge in [-0.15, -0.1) is 0 Å². The normalized spacial score (nSPS) is 24.2. The Morgan fingerprint density at radius 3 is 2.22 bits per heavy atom. The first-order valence-electron chi connectivity index (χ1n) is 12.6. The van der Waals surface area contributed by atoms with Crippen LogP contribution < -0.4 is 10.1 Å². The van der Waals surface area contributed by atoms with Crippen molar-refractivity contribution in [3.63, 3.8) is 0 Å². The molecule has 178 valence electrons. The summed E-state index contributed by atoms with van der Waals surface area (Å²) in [4.78, 5) is 21.1. The molecule has 3 fully saturated rings. The summed E-state index contributed by atoms with van der Waals surface area (Å²) in [6, 6.07) is 8.61. The summed E-state index contributed by atoms with van der Waals surface area (Å²) in [6.07, 6.45) is 7.56. The van der Waals surface area contributed by atoms with Crippen LogP contribution in [0, 0.1) is 5.92 Å². The molecule has 2 aliphatic heterocycles. The number of nitrogens with one attached hydrogen (secondary N) is 1. The summed E-state index contributed by atoms with van der Waals surface area (Å²) >= 11 is 0. The fraction of sp³-hybridized carbons (Fsp3) is 0.731. The number of benzene rings is 1. The number of ether oxygens (including phenoxy) is 1. The Balaban J connectivity index is 1.38. The van der Waals surface area contributed by atoms with Gasteiger partial charge in [-0.25, -0.2) is 0 Å². The van der Waals surface area contributed by atoms with Crippen LogP contribution in [0.4, 0.5) is 5.69 Å². The largest absolute Gasteiger partial charge is 0.497 e. The van der Waals surface area contributed by atoms with E-state index in [9.17, 15) is 4.79 Å². The molecule has 1 aliphatic carbocycles. The lowest BCUT2D eigenvalue weighted by molar-refractivity contribution is -0.139. The van der Waals surface area contributed by atoms with Crippen LogP contribution in [0.25, 0.3) is 0 Å². The van der Waals surface area contributed by atoms with Crippen LogP contribution in [-0.4, -0.2) is 85.6 Å². The first-order chi connectivity index (χ1) is 15.5. The highest BCUT2D eigenvalue weighted by Crippen LogP contribution is 2.35. The fourth-order valence-corrected chi connectivity index (χ4v) is 5.91. The van der Waals surface area contributed by atoms with Gasteiger partial charge in [0.15, 0.2) is 0 Å². The van der Waals surface area contributed by atoms with Gasteiger partial charge >= 0.3 is 0 Å². The predicted molar refractivity (Wildman–Crippen MR) is 130 cm³/mol. The van der Waals surface area contributed by atoms with Gasteiger partial charge in [0.05, 0.1) is 7.11 Å². The van der Waals surface area contributed by atoms with E-state index >= 15 is 0 Å². The molecule has 2 saturated heterocycles. The molecular formula is C26H42N4O2. The van der Waals surface area contributed by atoms with Gasteiger partial charge in [0.1, 0.15) is 11.3 Å². The van der Waals surface area contributed by atoms with Crippen molar-refractivity contribution in [2.24, 2.45) is 5.92 Å². The lowest BCUT2D eigenvalue weighted by Crippen LogP contribution is -2.57. The number of anilines is 1. The molecule has 1 amide bonds. The third-order valence-electron chi connectivity index (χ3n) is 8.21. The third-order valence-corrected chi connectivity index (χ3v) is 8.21. The summed E-state index contributed by atoms with van der Waals surface area (Å²) in [6.45, 7) is 8.88. The second-order valence-electron chi connectivity index (χ2n) is 10.2. The SMILES string of the molecule is COc1ccc(NC2(C(=O)N3CCC([C@H](C)N4CCN(C)CC4)CC3)CCCCC2)cc1. The van der Waals surface area contributed by atoms with Crippen molar-refractivity contribution in [2.75, 3.05) is 58.7 Å². The van der Waals surface area contributed by atoms with Gasteiger partial charge in [0.2, 0.25) is 5.91 Å². The van der Waals surface area contributed by atoms with Crippen LogP contribution in [0.2, 0.25) is 0 Å². The number of hydrogen-bond donors (Lipinski definition) is 1. The number of methoxy groups -OCH3 is 1. The highest BCUT2D eigenvalue weighted by Gasteiger charge is 2.43. The zero-order valence-corrected chi connectivity index (χ0v) is 20.3. The smallest absolute Gasteiger partial charge is 0.248 e. The summed E-state index contributed by atoms with van der Waals surface area (Å²) < 4.78 is 5.30. The molecule has 6 heteroatoms. The topological polar surface area (TPSA) is 48.1 Å². The average Bonchev–Trinajstić information content (AvgIpc) is 2.85. The predicted octanol–water partition coefficient (Wildman–Crippen LogP) is 3.68. The molecule has 2 heterocycles. The summed E-state index contributed by atoms with van der Waals surface area (Å²) in [7, 11) is 3.90. The fourth-order valence-electron chi connectivity index (χ4n) is 5.91. The van der Waals surface area contributed by atoms with Crippen LogP contribution in [0.15, 0.2) is 24.3 Å². The Hall–Kier alpha value is -1.79. The number of piperazine rings is 1. The number of rotatable bonds is 6. The molecule has 1 N–H and O–H groups in total. The lowest BCUT2D eigenvalue weighted by Gasteiger charge is -2.45. The van der Waals surface area contributed by atoms with Crippen molar-refractivity contribution in [3.05, 3.63) is 24.3 Å². The van der Waals surface area contributed by atoms with Gasteiger partial charge in [-0.05, 0) is 69.8 Å². The number of piperidine rings is 1. The van der Waals surface area contributed by atoms with Gasteiger partial charge in [0, 0.05) is 51.0 Å². The number of carbonyl (C=O) groups is 1. The Morgan fingerprint density at radius 1 is 1.00 bits per heavy atom. The first-order valence-corrected chi connectivity index (χ1v) is 12.6. The van der Waals surface area contributed by atoms with E-state index in [2.05, 4.69) is 34.0 Å². The number of likely N-dealkylation sites (tertiary alicyclic amines) is 1. The molecule has 1 atom stereocenters. The average molecular weight is 443 g/mol. The van der Waals surface area contributed by atoms with Crippen molar-refractivity contribution in [1.82, 2.24) is 14.7 Å². The third kappa shape index (κ3) is 5.23. The highest BCUT2D eigenvalue weighted by atomic mass is 16.5. The molecule has 0 aromatic heterocycles. The maximum absolute atomic E-state index is 13.8. The van der Waals surface area contributed by atoms with E-state index in [4.69, 9.17) is 4.74 Å². The summed E-state index contributed by atoms with van der Waals surface area (Å²) in [5.74, 6) is 1.86. The molecule has 4 rings (SSSR count). The van der Waals surface area contributed by atoms with E-state index in [1.54, 1.807) is 7.11 Å². The van der Waals surface area contributed by atoms with E-state index in [0.717, 1.165) is 63.1 Å². The number of amides is 1. The van der Waals surface area contributed by atoms with Crippen LogP contribution in [0.3, 0.4) is 0 Å². The highest BCUT2D eigenvalue weighted by molar-refractivity contribution is 5.89. The molecule has 1 aromatic rings.